The van der Waals surface area contributed by atoms with Crippen molar-refractivity contribution in [3.05, 3.63) is 71.5 Å². The molecule has 1 aliphatic rings. The number of para-hydroxylation sites is 2. The summed E-state index contributed by atoms with van der Waals surface area (Å²) < 4.78 is 0. The molecular weight excluding hydrogens is 322 g/mol. The fourth-order valence-electron chi connectivity index (χ4n) is 4.14. The number of aromatic nitrogens is 2. The molecular formula is C22H21N3O. The van der Waals surface area contributed by atoms with Crippen molar-refractivity contribution in [2.24, 2.45) is 0 Å². The standard InChI is InChI=1S/C22H21N3O/c26-22(10-9-15-13-23-19-7-3-1-5-16(15)19)25-12-11-18-17-6-2-4-8-20(17)24-21(18)14-25/h1-8,13,23-24H,9-12,14H2. The van der Waals surface area contributed by atoms with Crippen LogP contribution >= 0.6 is 0 Å². The molecule has 0 unspecified atom stereocenters. The van der Waals surface area contributed by atoms with E-state index in [1.165, 1.54) is 33.1 Å². The van der Waals surface area contributed by atoms with Gasteiger partial charge in [-0.2, -0.15) is 0 Å². The Morgan fingerprint density at radius 2 is 1.77 bits per heavy atom. The van der Waals surface area contributed by atoms with Crippen molar-refractivity contribution in [1.29, 1.82) is 0 Å². The van der Waals surface area contributed by atoms with Crippen LogP contribution in [0.3, 0.4) is 0 Å². The Bertz CT molecular complexity index is 1100. The van der Waals surface area contributed by atoms with E-state index in [4.69, 9.17) is 0 Å². The van der Waals surface area contributed by atoms with Crippen molar-refractivity contribution >= 4 is 27.7 Å². The van der Waals surface area contributed by atoms with Gasteiger partial charge < -0.3 is 14.9 Å². The van der Waals surface area contributed by atoms with E-state index in [9.17, 15) is 4.79 Å². The van der Waals surface area contributed by atoms with Crippen molar-refractivity contribution in [1.82, 2.24) is 14.9 Å². The number of fused-ring (bicyclic) bond motifs is 4. The highest BCUT2D eigenvalue weighted by Gasteiger charge is 2.23. The molecule has 4 nitrogen and oxygen atoms in total. The zero-order valence-corrected chi connectivity index (χ0v) is 14.6. The summed E-state index contributed by atoms with van der Waals surface area (Å²) in [6.45, 7) is 1.50. The SMILES string of the molecule is O=C(CCc1c[nH]c2ccccc12)N1CCc2c([nH]c3ccccc23)C1. The zero-order chi connectivity index (χ0) is 17.5. The van der Waals surface area contributed by atoms with Gasteiger partial charge in [0.1, 0.15) is 0 Å². The molecule has 0 aliphatic carbocycles. The molecule has 0 saturated carbocycles. The van der Waals surface area contributed by atoms with Crippen molar-refractivity contribution < 1.29 is 4.79 Å². The van der Waals surface area contributed by atoms with Crippen LogP contribution < -0.4 is 0 Å². The second-order valence-electron chi connectivity index (χ2n) is 7.05. The molecule has 0 radical (unpaired) electrons. The molecule has 4 aromatic rings. The Balaban J connectivity index is 1.31. The minimum absolute atomic E-state index is 0.236. The Morgan fingerprint density at radius 3 is 2.65 bits per heavy atom. The van der Waals surface area contributed by atoms with Crippen LogP contribution in [0.1, 0.15) is 23.2 Å². The first-order valence-electron chi connectivity index (χ1n) is 9.21. The molecule has 26 heavy (non-hydrogen) atoms. The second kappa shape index (κ2) is 6.06. The van der Waals surface area contributed by atoms with Gasteiger partial charge in [-0.25, -0.2) is 0 Å². The number of amides is 1. The average Bonchev–Trinajstić information content (AvgIpc) is 3.26. The van der Waals surface area contributed by atoms with Gasteiger partial charge in [-0.1, -0.05) is 36.4 Å². The smallest absolute Gasteiger partial charge is 0.223 e. The monoisotopic (exact) mass is 343 g/mol. The first kappa shape index (κ1) is 15.3. The Labute approximate surface area is 151 Å². The summed E-state index contributed by atoms with van der Waals surface area (Å²) in [6.07, 6.45) is 4.29. The lowest BCUT2D eigenvalue weighted by Gasteiger charge is -2.27. The van der Waals surface area contributed by atoms with Crippen molar-refractivity contribution in [2.45, 2.75) is 25.8 Å². The third kappa shape index (κ3) is 2.49. The molecule has 0 fully saturated rings. The number of carbonyl (C=O) groups is 1. The van der Waals surface area contributed by atoms with Gasteiger partial charge in [0.25, 0.3) is 0 Å². The number of rotatable bonds is 3. The van der Waals surface area contributed by atoms with E-state index in [0.717, 1.165) is 24.9 Å². The number of nitrogens with one attached hydrogen (secondary N) is 2. The van der Waals surface area contributed by atoms with E-state index in [1.54, 1.807) is 0 Å². The minimum atomic E-state index is 0.236. The summed E-state index contributed by atoms with van der Waals surface area (Å²) in [6, 6.07) is 16.7. The molecule has 0 saturated heterocycles. The molecule has 0 atom stereocenters. The van der Waals surface area contributed by atoms with Gasteiger partial charge in [0, 0.05) is 46.7 Å². The Morgan fingerprint density at radius 1 is 1.00 bits per heavy atom. The summed E-state index contributed by atoms with van der Waals surface area (Å²) in [5, 5.41) is 2.52. The van der Waals surface area contributed by atoms with Crippen LogP contribution in [-0.2, 0) is 24.2 Å². The fraction of sp³-hybridized carbons (Fsp3) is 0.227. The lowest BCUT2D eigenvalue weighted by molar-refractivity contribution is -0.132. The van der Waals surface area contributed by atoms with E-state index in [2.05, 4.69) is 46.4 Å². The summed E-state index contributed by atoms with van der Waals surface area (Å²) >= 11 is 0. The Kier molecular flexibility index (Phi) is 3.56. The van der Waals surface area contributed by atoms with Gasteiger partial charge >= 0.3 is 0 Å². The molecule has 3 heterocycles. The first-order chi connectivity index (χ1) is 12.8. The largest absolute Gasteiger partial charge is 0.361 e. The predicted molar refractivity (Wildman–Crippen MR) is 104 cm³/mol. The number of carbonyl (C=O) groups excluding carboxylic acids is 1. The van der Waals surface area contributed by atoms with E-state index in [-0.39, 0.29) is 5.91 Å². The lowest BCUT2D eigenvalue weighted by atomic mass is 10.0. The first-order valence-corrected chi connectivity index (χ1v) is 9.21. The van der Waals surface area contributed by atoms with Crippen molar-refractivity contribution in [2.75, 3.05) is 6.54 Å². The van der Waals surface area contributed by atoms with Crippen LogP contribution in [0.15, 0.2) is 54.7 Å². The minimum Gasteiger partial charge on any atom is -0.361 e. The van der Waals surface area contributed by atoms with Crippen LogP contribution in [-0.4, -0.2) is 27.3 Å². The molecule has 130 valence electrons. The topological polar surface area (TPSA) is 51.9 Å². The molecule has 1 amide bonds. The number of hydrogen-bond donors (Lipinski definition) is 2. The zero-order valence-electron chi connectivity index (χ0n) is 14.6. The quantitative estimate of drug-likeness (QED) is 0.576. The van der Waals surface area contributed by atoms with Crippen LogP contribution in [0.2, 0.25) is 0 Å². The summed E-state index contributed by atoms with van der Waals surface area (Å²) in [4.78, 5) is 21.5. The molecule has 5 rings (SSSR count). The maximum Gasteiger partial charge on any atom is 0.223 e. The molecule has 0 spiro atoms. The number of aromatic amines is 2. The number of aryl methyl sites for hydroxylation is 1. The van der Waals surface area contributed by atoms with Gasteiger partial charge in [0.2, 0.25) is 5.91 Å². The van der Waals surface area contributed by atoms with E-state index < -0.39 is 0 Å². The van der Waals surface area contributed by atoms with Crippen LogP contribution in [0.25, 0.3) is 21.8 Å². The van der Waals surface area contributed by atoms with Crippen LogP contribution in [0, 0.1) is 0 Å². The highest BCUT2D eigenvalue weighted by molar-refractivity contribution is 5.86. The predicted octanol–water partition coefficient (Wildman–Crippen LogP) is 4.17. The molecule has 2 aromatic carbocycles. The number of nitrogens with zero attached hydrogens (tertiary/aromatic N) is 1. The molecule has 2 aromatic heterocycles. The third-order valence-corrected chi connectivity index (χ3v) is 5.52. The fourth-order valence-corrected chi connectivity index (χ4v) is 4.14. The van der Waals surface area contributed by atoms with Gasteiger partial charge in [-0.15, -0.1) is 0 Å². The lowest BCUT2D eigenvalue weighted by Crippen LogP contribution is -2.36. The normalized spacial score (nSPS) is 14.1. The van der Waals surface area contributed by atoms with Gasteiger partial charge in [-0.05, 0) is 36.1 Å². The number of benzene rings is 2. The average molecular weight is 343 g/mol. The van der Waals surface area contributed by atoms with E-state index in [1.807, 2.05) is 23.2 Å². The van der Waals surface area contributed by atoms with Crippen molar-refractivity contribution in [3.8, 4) is 0 Å². The van der Waals surface area contributed by atoms with E-state index in [0.29, 0.717) is 13.0 Å². The van der Waals surface area contributed by atoms with Gasteiger partial charge in [-0.3, -0.25) is 4.79 Å². The maximum atomic E-state index is 12.8. The summed E-state index contributed by atoms with van der Waals surface area (Å²) in [5.41, 5.74) is 6.10. The van der Waals surface area contributed by atoms with Crippen LogP contribution in [0.5, 0.6) is 0 Å². The molecule has 1 aliphatic heterocycles. The molecule has 4 heteroatoms. The summed E-state index contributed by atoms with van der Waals surface area (Å²) in [7, 11) is 0. The second-order valence-corrected chi connectivity index (χ2v) is 7.05. The van der Waals surface area contributed by atoms with Crippen molar-refractivity contribution in [3.63, 3.8) is 0 Å². The van der Waals surface area contributed by atoms with Gasteiger partial charge in [0.15, 0.2) is 0 Å². The molecule has 2 N–H and O–H groups in total. The van der Waals surface area contributed by atoms with Crippen LogP contribution in [0.4, 0.5) is 0 Å². The highest BCUT2D eigenvalue weighted by atomic mass is 16.2. The Hall–Kier alpha value is -3.01. The number of H-pyrrole nitrogens is 2. The third-order valence-electron chi connectivity index (χ3n) is 5.52. The molecule has 0 bridgehead atoms. The number of hydrogen-bond acceptors (Lipinski definition) is 1. The maximum absolute atomic E-state index is 12.8. The van der Waals surface area contributed by atoms with E-state index >= 15 is 0 Å². The summed E-state index contributed by atoms with van der Waals surface area (Å²) in [5.74, 6) is 0.236. The highest BCUT2D eigenvalue weighted by Crippen LogP contribution is 2.28. The van der Waals surface area contributed by atoms with Gasteiger partial charge in [0.05, 0.1) is 6.54 Å².